The number of fused-ring (bicyclic) bond motifs is 1. The van der Waals surface area contributed by atoms with E-state index >= 15 is 0 Å². The first-order valence-corrected chi connectivity index (χ1v) is 7.36. The molecular formula is C16H15ClN4O2. The quantitative estimate of drug-likeness (QED) is 0.783. The second kappa shape index (κ2) is 5.55. The maximum absolute atomic E-state index is 12.6. The minimum Gasteiger partial charge on any atom is -0.354 e. The third-order valence-corrected chi connectivity index (χ3v) is 4.02. The van der Waals surface area contributed by atoms with Crippen LogP contribution in [0.2, 0.25) is 5.02 Å². The van der Waals surface area contributed by atoms with E-state index in [1.807, 2.05) is 19.1 Å². The molecule has 0 aliphatic carbocycles. The molecule has 0 unspecified atom stereocenters. The summed E-state index contributed by atoms with van der Waals surface area (Å²) in [5.74, 6) is 0. The monoisotopic (exact) mass is 330 g/mol. The number of halogens is 1. The zero-order valence-corrected chi connectivity index (χ0v) is 13.7. The zero-order valence-electron chi connectivity index (χ0n) is 12.9. The van der Waals surface area contributed by atoms with Gasteiger partial charge in [-0.25, -0.2) is 9.78 Å². The summed E-state index contributed by atoms with van der Waals surface area (Å²) in [4.78, 5) is 28.9. The predicted molar refractivity (Wildman–Crippen MR) is 91.7 cm³/mol. The van der Waals surface area contributed by atoms with Crippen LogP contribution < -0.4 is 16.6 Å². The van der Waals surface area contributed by atoms with Crippen molar-refractivity contribution in [3.8, 4) is 0 Å². The summed E-state index contributed by atoms with van der Waals surface area (Å²) in [6, 6.07) is 7.16. The molecule has 23 heavy (non-hydrogen) atoms. The number of nitrogens with one attached hydrogen (secondary N) is 1. The number of hydrogen-bond acceptors (Lipinski definition) is 4. The van der Waals surface area contributed by atoms with E-state index in [1.165, 1.54) is 11.6 Å². The molecule has 0 atom stereocenters. The van der Waals surface area contributed by atoms with Crippen LogP contribution in [0.15, 0.2) is 40.1 Å². The van der Waals surface area contributed by atoms with E-state index < -0.39 is 5.69 Å². The largest absolute Gasteiger partial charge is 0.354 e. The van der Waals surface area contributed by atoms with Gasteiger partial charge in [-0.05, 0) is 36.8 Å². The van der Waals surface area contributed by atoms with Gasteiger partial charge < -0.3 is 5.32 Å². The number of pyridine rings is 1. The highest BCUT2D eigenvalue weighted by atomic mass is 35.5. The molecule has 0 spiro atoms. The Hall–Kier alpha value is -2.60. The molecule has 1 aromatic carbocycles. The van der Waals surface area contributed by atoms with Gasteiger partial charge in [-0.1, -0.05) is 11.6 Å². The normalized spacial score (nSPS) is 11.0. The van der Waals surface area contributed by atoms with Gasteiger partial charge in [-0.3, -0.25) is 13.9 Å². The van der Waals surface area contributed by atoms with Gasteiger partial charge in [0.1, 0.15) is 5.39 Å². The zero-order chi connectivity index (χ0) is 16.7. The first-order chi connectivity index (χ1) is 10.9. The summed E-state index contributed by atoms with van der Waals surface area (Å²) in [5, 5.41) is 4.24. The van der Waals surface area contributed by atoms with Crippen molar-refractivity contribution in [3.63, 3.8) is 0 Å². The highest BCUT2D eigenvalue weighted by Crippen LogP contribution is 2.26. The van der Waals surface area contributed by atoms with Gasteiger partial charge >= 0.3 is 5.69 Å². The van der Waals surface area contributed by atoms with Crippen LogP contribution in [0.25, 0.3) is 11.0 Å². The van der Waals surface area contributed by atoms with E-state index in [0.717, 1.165) is 15.8 Å². The highest BCUT2D eigenvalue weighted by molar-refractivity contribution is 6.30. The number of rotatable bonds is 2. The molecule has 3 aromatic rings. The summed E-state index contributed by atoms with van der Waals surface area (Å²) in [7, 11) is 3.05. The van der Waals surface area contributed by atoms with Gasteiger partial charge in [0.05, 0.1) is 5.69 Å². The van der Waals surface area contributed by atoms with E-state index in [-0.39, 0.29) is 5.56 Å². The molecular weight excluding hydrogens is 316 g/mol. The van der Waals surface area contributed by atoms with Gasteiger partial charge in [0.25, 0.3) is 5.56 Å². The molecule has 7 heteroatoms. The molecule has 1 N–H and O–H groups in total. The van der Waals surface area contributed by atoms with Gasteiger partial charge in [0.2, 0.25) is 0 Å². The van der Waals surface area contributed by atoms with Crippen molar-refractivity contribution in [3.05, 3.63) is 61.9 Å². The maximum atomic E-state index is 12.6. The summed E-state index contributed by atoms with van der Waals surface area (Å²) in [6.45, 7) is 1.86. The summed E-state index contributed by atoms with van der Waals surface area (Å²) in [5.41, 5.74) is 1.80. The van der Waals surface area contributed by atoms with Crippen molar-refractivity contribution in [2.24, 2.45) is 14.1 Å². The minimum absolute atomic E-state index is 0.347. The van der Waals surface area contributed by atoms with Gasteiger partial charge in [0, 0.05) is 31.0 Å². The Morgan fingerprint density at radius 2 is 1.74 bits per heavy atom. The van der Waals surface area contributed by atoms with E-state index in [4.69, 9.17) is 11.6 Å². The molecule has 6 nitrogen and oxygen atoms in total. The van der Waals surface area contributed by atoms with Crippen LogP contribution in [-0.2, 0) is 14.1 Å². The van der Waals surface area contributed by atoms with Crippen molar-refractivity contribution in [2.45, 2.75) is 6.92 Å². The Morgan fingerprint density at radius 3 is 2.39 bits per heavy atom. The molecule has 0 fully saturated rings. The fraction of sp³-hybridized carbons (Fsp3) is 0.188. The maximum Gasteiger partial charge on any atom is 0.332 e. The van der Waals surface area contributed by atoms with Gasteiger partial charge in [-0.2, -0.15) is 0 Å². The molecule has 0 radical (unpaired) electrons. The second-order valence-corrected chi connectivity index (χ2v) is 5.79. The molecule has 0 saturated carbocycles. The number of hydrogen-bond donors (Lipinski definition) is 1. The van der Waals surface area contributed by atoms with Crippen molar-refractivity contribution in [1.29, 1.82) is 0 Å². The van der Waals surface area contributed by atoms with E-state index in [0.29, 0.717) is 21.7 Å². The third kappa shape index (κ3) is 2.51. The second-order valence-electron chi connectivity index (χ2n) is 5.35. The lowest BCUT2D eigenvalue weighted by atomic mass is 10.1. The minimum atomic E-state index is -0.406. The van der Waals surface area contributed by atoms with E-state index in [2.05, 4.69) is 10.3 Å². The Morgan fingerprint density at radius 1 is 1.09 bits per heavy atom. The predicted octanol–water partition coefficient (Wildman–Crippen LogP) is 2.34. The fourth-order valence-corrected chi connectivity index (χ4v) is 2.59. The molecule has 3 rings (SSSR count). The number of benzene rings is 1. The molecule has 2 heterocycles. The van der Waals surface area contributed by atoms with E-state index in [1.54, 1.807) is 25.4 Å². The van der Waals surface area contributed by atoms with Crippen LogP contribution in [0.3, 0.4) is 0 Å². The average Bonchev–Trinajstić information content (AvgIpc) is 2.54. The number of anilines is 2. The van der Waals surface area contributed by atoms with Crippen LogP contribution in [0.1, 0.15) is 5.56 Å². The number of aromatic nitrogens is 3. The van der Waals surface area contributed by atoms with Gasteiger partial charge in [-0.15, -0.1) is 0 Å². The summed E-state index contributed by atoms with van der Waals surface area (Å²) in [6.07, 6.45) is 1.64. The molecule has 118 valence electrons. The first kappa shape index (κ1) is 15.3. The van der Waals surface area contributed by atoms with Crippen LogP contribution in [0, 0.1) is 6.92 Å². The smallest absolute Gasteiger partial charge is 0.332 e. The standard InChI is InChI=1S/C16H15ClN4O2/c1-9-8-18-14-12(15(22)21(3)16(23)20(14)2)13(9)19-11-6-4-10(17)5-7-11/h4-8H,1-3H3,(H,18,19). The molecule has 0 saturated heterocycles. The van der Waals surface area contributed by atoms with Crippen LogP contribution in [0.5, 0.6) is 0 Å². The van der Waals surface area contributed by atoms with Crippen molar-refractivity contribution in [2.75, 3.05) is 5.32 Å². The molecule has 0 aliphatic heterocycles. The first-order valence-electron chi connectivity index (χ1n) is 6.98. The SMILES string of the molecule is Cc1cnc2c(c1Nc1ccc(Cl)cc1)c(=O)n(C)c(=O)n2C. The third-order valence-electron chi connectivity index (χ3n) is 3.77. The van der Waals surface area contributed by atoms with Crippen LogP contribution in [-0.4, -0.2) is 14.1 Å². The fourth-order valence-electron chi connectivity index (χ4n) is 2.46. The Kier molecular flexibility index (Phi) is 3.69. The van der Waals surface area contributed by atoms with Gasteiger partial charge in [0.15, 0.2) is 5.65 Å². The molecule has 0 aliphatic rings. The number of nitrogens with zero attached hydrogens (tertiary/aromatic N) is 3. The van der Waals surface area contributed by atoms with Crippen molar-refractivity contribution < 1.29 is 0 Å². The lowest BCUT2D eigenvalue weighted by molar-refractivity contribution is 0.707. The van der Waals surface area contributed by atoms with Crippen LogP contribution >= 0.6 is 11.6 Å². The molecule has 0 amide bonds. The Labute approximate surface area is 137 Å². The number of aryl methyl sites for hydroxylation is 2. The van der Waals surface area contributed by atoms with E-state index in [9.17, 15) is 9.59 Å². The highest BCUT2D eigenvalue weighted by Gasteiger charge is 2.15. The Balaban J connectivity index is 2.32. The molecule has 0 bridgehead atoms. The average molecular weight is 331 g/mol. The lowest BCUT2D eigenvalue weighted by Crippen LogP contribution is -2.37. The summed E-state index contributed by atoms with van der Waals surface area (Å²) < 4.78 is 2.44. The molecule has 2 aromatic heterocycles. The van der Waals surface area contributed by atoms with Crippen LogP contribution in [0.4, 0.5) is 11.4 Å². The Bertz CT molecular complexity index is 1020. The summed E-state index contributed by atoms with van der Waals surface area (Å²) >= 11 is 5.90. The van der Waals surface area contributed by atoms with Crippen molar-refractivity contribution in [1.82, 2.24) is 14.1 Å². The lowest BCUT2D eigenvalue weighted by Gasteiger charge is -2.14. The topological polar surface area (TPSA) is 68.9 Å². The van der Waals surface area contributed by atoms with Crippen molar-refractivity contribution >= 4 is 34.0 Å².